The van der Waals surface area contributed by atoms with Crippen LogP contribution in [0, 0.1) is 0 Å². The molecule has 0 fully saturated rings. The van der Waals surface area contributed by atoms with Crippen molar-refractivity contribution in [1.82, 2.24) is 0 Å². The van der Waals surface area contributed by atoms with E-state index >= 15 is 0 Å². The molecule has 346 valence electrons. The van der Waals surface area contributed by atoms with Crippen LogP contribution in [0.25, 0.3) is 0 Å². The summed E-state index contributed by atoms with van der Waals surface area (Å²) in [6.07, 6.45) is 52.9. The van der Waals surface area contributed by atoms with E-state index in [9.17, 15) is 14.3 Å². The fraction of sp³-hybridized carbons (Fsp3) is 0.820. The Morgan fingerprint density at radius 2 is 0.983 bits per heavy atom. The molecule has 0 aliphatic rings. The second-order valence-corrected chi connectivity index (χ2v) is 18.9. The molecule has 8 nitrogen and oxygen atoms in total. The minimum Gasteiger partial charge on any atom is -0.457 e. The van der Waals surface area contributed by atoms with Crippen molar-refractivity contribution in [2.24, 2.45) is 0 Å². The average molecular weight is 853 g/mol. The zero-order valence-corrected chi connectivity index (χ0v) is 40.1. The molecule has 0 aromatic rings. The van der Waals surface area contributed by atoms with Crippen molar-refractivity contribution in [3.8, 4) is 0 Å². The van der Waals surface area contributed by atoms with Crippen LogP contribution < -0.4 is 0 Å². The first-order valence-corrected chi connectivity index (χ1v) is 25.9. The Labute approximate surface area is 365 Å². The van der Waals surface area contributed by atoms with Gasteiger partial charge in [0.25, 0.3) is 0 Å². The van der Waals surface area contributed by atoms with E-state index in [0.29, 0.717) is 24.1 Å². The predicted molar refractivity (Wildman–Crippen MR) is 252 cm³/mol. The average Bonchev–Trinajstić information content (AvgIpc) is 3.19. The number of carbonyl (C=O) groups is 1. The molecule has 0 bridgehead atoms. The molecule has 0 aliphatic carbocycles. The van der Waals surface area contributed by atoms with Gasteiger partial charge in [-0.05, 0) is 51.4 Å². The minimum atomic E-state index is -4.28. The van der Waals surface area contributed by atoms with Gasteiger partial charge in [-0.3, -0.25) is 13.8 Å². The summed E-state index contributed by atoms with van der Waals surface area (Å²) >= 11 is 0. The molecule has 0 amide bonds. The van der Waals surface area contributed by atoms with Gasteiger partial charge < -0.3 is 18.9 Å². The van der Waals surface area contributed by atoms with Gasteiger partial charge in [0.15, 0.2) is 0 Å². The lowest BCUT2D eigenvalue weighted by atomic mass is 10.0. The highest BCUT2D eigenvalue weighted by molar-refractivity contribution is 7.47. The molecule has 0 saturated heterocycles. The predicted octanol–water partition coefficient (Wildman–Crippen LogP) is 14.7. The zero-order valence-electron chi connectivity index (χ0n) is 39.2. The molecule has 0 aromatic heterocycles. The van der Waals surface area contributed by atoms with Crippen molar-refractivity contribution in [2.75, 3.05) is 54.1 Å². The number of likely N-dealkylation sites (N-methyl/N-ethyl adjacent to an activating group) is 1. The van der Waals surface area contributed by atoms with Gasteiger partial charge in [0, 0.05) is 13.0 Å². The van der Waals surface area contributed by atoms with Crippen LogP contribution in [-0.2, 0) is 27.9 Å². The van der Waals surface area contributed by atoms with Crippen LogP contribution >= 0.6 is 7.82 Å². The standard InChI is InChI=1S/C50H94NO7P/c1-6-8-10-12-14-16-18-20-21-22-23-24-25-26-27-28-29-30-32-34-36-38-40-42-45-55-47-49(48-57-59(53,54)56-46-44-51(3,4)5)58-50(52)43-41-39-37-35-33-31-19-17-15-13-11-9-7-2/h8,10,14,16,20-21,23-24,49H,6-7,9,11-13,15,17-19,22,25-48H2,1-5H3/p+1/b10-8-,16-14-,21-20-,24-23-. The van der Waals surface area contributed by atoms with E-state index in [2.05, 4.69) is 62.5 Å². The highest BCUT2D eigenvalue weighted by Crippen LogP contribution is 2.43. The molecule has 9 heteroatoms. The zero-order chi connectivity index (χ0) is 43.4. The molecule has 2 atom stereocenters. The van der Waals surface area contributed by atoms with E-state index in [4.69, 9.17) is 18.5 Å². The molecular weight excluding hydrogens is 758 g/mol. The number of hydrogen-bond acceptors (Lipinski definition) is 6. The van der Waals surface area contributed by atoms with Crippen LogP contribution in [0.15, 0.2) is 48.6 Å². The van der Waals surface area contributed by atoms with Crippen LogP contribution in [0.1, 0.15) is 206 Å². The van der Waals surface area contributed by atoms with Crippen LogP contribution in [0.3, 0.4) is 0 Å². The topological polar surface area (TPSA) is 91.3 Å². The molecule has 0 saturated carbocycles. The second-order valence-electron chi connectivity index (χ2n) is 17.5. The molecule has 2 unspecified atom stereocenters. The van der Waals surface area contributed by atoms with Gasteiger partial charge in [-0.15, -0.1) is 0 Å². The summed E-state index contributed by atoms with van der Waals surface area (Å²) in [4.78, 5) is 22.9. The maximum atomic E-state index is 12.7. The lowest BCUT2D eigenvalue weighted by Crippen LogP contribution is -2.37. The number of nitrogens with zero attached hydrogens (tertiary/aromatic N) is 1. The molecule has 0 heterocycles. The Balaban J connectivity index is 4.10. The fourth-order valence-electron chi connectivity index (χ4n) is 6.66. The van der Waals surface area contributed by atoms with Crippen molar-refractivity contribution in [3.05, 3.63) is 48.6 Å². The Morgan fingerprint density at radius 3 is 1.47 bits per heavy atom. The SMILES string of the molecule is CC/C=C\C/C=C\C/C=C\C/C=C\CCCCCCCCCCCCCOCC(COP(=O)(O)OCC[N+](C)(C)C)OC(=O)CCCCCCCCCCCCCCC. The van der Waals surface area contributed by atoms with E-state index in [1.807, 2.05) is 21.1 Å². The third-order valence-corrected chi connectivity index (χ3v) is 11.4. The van der Waals surface area contributed by atoms with E-state index in [-0.39, 0.29) is 25.8 Å². The minimum absolute atomic E-state index is 0.0883. The maximum Gasteiger partial charge on any atom is 0.472 e. The third-order valence-electron chi connectivity index (χ3n) is 10.4. The van der Waals surface area contributed by atoms with Gasteiger partial charge >= 0.3 is 13.8 Å². The summed E-state index contributed by atoms with van der Waals surface area (Å²) in [5.41, 5.74) is 0. The summed E-state index contributed by atoms with van der Waals surface area (Å²) in [6, 6.07) is 0. The number of allylic oxidation sites excluding steroid dienone is 8. The Bertz CT molecular complexity index is 1080. The van der Waals surface area contributed by atoms with Gasteiger partial charge in [0.1, 0.15) is 19.3 Å². The Kier molecular flexibility index (Phi) is 42.0. The van der Waals surface area contributed by atoms with Crippen molar-refractivity contribution in [3.63, 3.8) is 0 Å². The first-order valence-electron chi connectivity index (χ1n) is 24.4. The normalized spacial score (nSPS) is 14.1. The summed E-state index contributed by atoms with van der Waals surface area (Å²) in [5.74, 6) is -0.314. The van der Waals surface area contributed by atoms with Gasteiger partial charge in [0.2, 0.25) is 0 Å². The lowest BCUT2D eigenvalue weighted by molar-refractivity contribution is -0.870. The molecule has 1 N–H and O–H groups in total. The highest BCUT2D eigenvalue weighted by Gasteiger charge is 2.26. The Hall–Kier alpha value is -1.54. The van der Waals surface area contributed by atoms with Crippen molar-refractivity contribution in [2.45, 2.75) is 213 Å². The van der Waals surface area contributed by atoms with Gasteiger partial charge in [-0.2, -0.15) is 0 Å². The van der Waals surface area contributed by atoms with Gasteiger partial charge in [0.05, 0.1) is 34.4 Å². The second kappa shape index (κ2) is 43.1. The number of carbonyl (C=O) groups excluding carboxylic acids is 1. The largest absolute Gasteiger partial charge is 0.472 e. The molecule has 0 spiro atoms. The number of phosphoric ester groups is 1. The van der Waals surface area contributed by atoms with E-state index in [1.54, 1.807) is 0 Å². The molecule has 0 aromatic carbocycles. The first kappa shape index (κ1) is 57.5. The number of hydrogen-bond donors (Lipinski definition) is 1. The maximum absolute atomic E-state index is 12.7. The number of esters is 1. The molecule has 0 radical (unpaired) electrons. The van der Waals surface area contributed by atoms with Crippen molar-refractivity contribution in [1.29, 1.82) is 0 Å². The molecular formula is C50H95NO7P+. The van der Waals surface area contributed by atoms with Crippen LogP contribution in [0.4, 0.5) is 0 Å². The molecule has 0 rings (SSSR count). The number of quaternary nitrogens is 1. The highest BCUT2D eigenvalue weighted by atomic mass is 31.2. The first-order chi connectivity index (χ1) is 28.6. The number of unbranched alkanes of at least 4 members (excludes halogenated alkanes) is 23. The summed E-state index contributed by atoms with van der Waals surface area (Å²) < 4.78 is 35.1. The summed E-state index contributed by atoms with van der Waals surface area (Å²) in [6.45, 7) is 5.52. The summed E-state index contributed by atoms with van der Waals surface area (Å²) in [7, 11) is 1.67. The third kappa shape index (κ3) is 47.4. The monoisotopic (exact) mass is 853 g/mol. The lowest BCUT2D eigenvalue weighted by Gasteiger charge is -2.24. The van der Waals surface area contributed by atoms with Crippen LogP contribution in [0.5, 0.6) is 0 Å². The molecule has 59 heavy (non-hydrogen) atoms. The van der Waals surface area contributed by atoms with Gasteiger partial charge in [-0.25, -0.2) is 4.57 Å². The molecule has 0 aliphatic heterocycles. The fourth-order valence-corrected chi connectivity index (χ4v) is 7.40. The quantitative estimate of drug-likeness (QED) is 0.0214. The van der Waals surface area contributed by atoms with Crippen LogP contribution in [0.2, 0.25) is 0 Å². The van der Waals surface area contributed by atoms with Crippen LogP contribution in [-0.4, -0.2) is 75.6 Å². The summed E-state index contributed by atoms with van der Waals surface area (Å²) in [5, 5.41) is 0. The van der Waals surface area contributed by atoms with Crippen molar-refractivity contribution < 1.29 is 37.3 Å². The van der Waals surface area contributed by atoms with E-state index < -0.39 is 13.9 Å². The van der Waals surface area contributed by atoms with E-state index in [0.717, 1.165) is 57.8 Å². The smallest absolute Gasteiger partial charge is 0.457 e. The van der Waals surface area contributed by atoms with Gasteiger partial charge in [-0.1, -0.05) is 197 Å². The Morgan fingerprint density at radius 1 is 0.542 bits per heavy atom. The number of rotatable bonds is 45. The number of phosphoric acid groups is 1. The van der Waals surface area contributed by atoms with Crippen molar-refractivity contribution >= 4 is 13.8 Å². The number of ether oxygens (including phenoxy) is 2. The van der Waals surface area contributed by atoms with E-state index in [1.165, 1.54) is 128 Å².